The highest BCUT2D eigenvalue weighted by molar-refractivity contribution is 5.14. The Morgan fingerprint density at radius 3 is 2.67 bits per heavy atom. The zero-order valence-corrected chi connectivity index (χ0v) is 8.72. The van der Waals surface area contributed by atoms with Crippen molar-refractivity contribution in [3.63, 3.8) is 0 Å². The fourth-order valence-electron chi connectivity index (χ4n) is 1.38. The second kappa shape index (κ2) is 4.70. The molecule has 0 bridgehead atoms. The summed E-state index contributed by atoms with van der Waals surface area (Å²) in [5, 5.41) is 7.48. The molecule has 15 heavy (non-hydrogen) atoms. The summed E-state index contributed by atoms with van der Waals surface area (Å²) in [6.07, 6.45) is 1.71. The van der Waals surface area contributed by atoms with Crippen molar-refractivity contribution < 1.29 is 0 Å². The second-order valence-corrected chi connectivity index (χ2v) is 3.42. The highest BCUT2D eigenvalue weighted by atomic mass is 15.3. The molecule has 1 N–H and O–H groups in total. The fourth-order valence-corrected chi connectivity index (χ4v) is 1.38. The summed E-state index contributed by atoms with van der Waals surface area (Å²) >= 11 is 0. The van der Waals surface area contributed by atoms with Gasteiger partial charge in [0.05, 0.1) is 6.54 Å². The quantitative estimate of drug-likeness (QED) is 0.807. The van der Waals surface area contributed by atoms with E-state index < -0.39 is 0 Å². The molecule has 0 saturated carbocycles. The van der Waals surface area contributed by atoms with Crippen LogP contribution < -0.4 is 5.32 Å². The summed E-state index contributed by atoms with van der Waals surface area (Å²) in [6.45, 7) is 1.55. The molecule has 2 aromatic rings. The Labute approximate surface area is 89.0 Å². The van der Waals surface area contributed by atoms with Gasteiger partial charge in [0, 0.05) is 13.6 Å². The molecule has 0 saturated heterocycles. The molecular weight excluding hydrogens is 188 g/mol. The molecular formula is C11H14N4. The molecule has 0 aliphatic heterocycles. The molecule has 1 heterocycles. The van der Waals surface area contributed by atoms with Crippen LogP contribution in [-0.2, 0) is 20.1 Å². The van der Waals surface area contributed by atoms with Gasteiger partial charge < -0.3 is 5.32 Å². The van der Waals surface area contributed by atoms with E-state index in [-0.39, 0.29) is 0 Å². The summed E-state index contributed by atoms with van der Waals surface area (Å²) in [4.78, 5) is 4.14. The summed E-state index contributed by atoms with van der Waals surface area (Å²) < 4.78 is 1.71. The van der Waals surface area contributed by atoms with Crippen molar-refractivity contribution in [2.45, 2.75) is 13.1 Å². The normalized spacial score (nSPS) is 10.5. The van der Waals surface area contributed by atoms with Crippen molar-refractivity contribution in [1.82, 2.24) is 20.1 Å². The van der Waals surface area contributed by atoms with E-state index in [1.165, 1.54) is 5.56 Å². The molecule has 0 aliphatic rings. The van der Waals surface area contributed by atoms with Gasteiger partial charge in [-0.15, -0.1) is 0 Å². The molecule has 4 heteroatoms. The standard InChI is InChI=1S/C11H14N4/c1-15-9-13-11(14-15)8-12-7-10-5-3-2-4-6-10/h2-6,9,12H,7-8H2,1H3. The number of benzene rings is 1. The lowest BCUT2D eigenvalue weighted by molar-refractivity contribution is 0.649. The van der Waals surface area contributed by atoms with Gasteiger partial charge in [0.1, 0.15) is 6.33 Å². The Hall–Kier alpha value is -1.68. The number of hydrogen-bond acceptors (Lipinski definition) is 3. The lowest BCUT2D eigenvalue weighted by atomic mass is 10.2. The van der Waals surface area contributed by atoms with Crippen LogP contribution in [0.15, 0.2) is 36.7 Å². The van der Waals surface area contributed by atoms with Gasteiger partial charge in [-0.1, -0.05) is 30.3 Å². The van der Waals surface area contributed by atoms with E-state index in [1.807, 2.05) is 25.2 Å². The molecule has 0 atom stereocenters. The Morgan fingerprint density at radius 1 is 1.20 bits per heavy atom. The Bertz CT molecular complexity index is 408. The number of rotatable bonds is 4. The predicted octanol–water partition coefficient (Wildman–Crippen LogP) is 1.10. The smallest absolute Gasteiger partial charge is 0.164 e. The third-order valence-corrected chi connectivity index (χ3v) is 2.10. The first-order valence-corrected chi connectivity index (χ1v) is 4.94. The average molecular weight is 202 g/mol. The topological polar surface area (TPSA) is 42.7 Å². The highest BCUT2D eigenvalue weighted by Gasteiger charge is 1.97. The van der Waals surface area contributed by atoms with E-state index in [1.54, 1.807) is 11.0 Å². The van der Waals surface area contributed by atoms with Crippen molar-refractivity contribution in [3.8, 4) is 0 Å². The van der Waals surface area contributed by atoms with Crippen molar-refractivity contribution in [1.29, 1.82) is 0 Å². The van der Waals surface area contributed by atoms with Gasteiger partial charge in [-0.25, -0.2) is 4.98 Å². The first kappa shape index (κ1) is 9.86. The molecule has 0 aliphatic carbocycles. The van der Waals surface area contributed by atoms with Crippen LogP contribution in [0.3, 0.4) is 0 Å². The number of nitrogens with one attached hydrogen (secondary N) is 1. The highest BCUT2D eigenvalue weighted by Crippen LogP contribution is 1.97. The number of aromatic nitrogens is 3. The van der Waals surface area contributed by atoms with Gasteiger partial charge in [-0.2, -0.15) is 5.10 Å². The maximum Gasteiger partial charge on any atom is 0.164 e. The zero-order chi connectivity index (χ0) is 10.5. The average Bonchev–Trinajstić information content (AvgIpc) is 2.66. The summed E-state index contributed by atoms with van der Waals surface area (Å²) in [5.74, 6) is 0.827. The van der Waals surface area contributed by atoms with Crippen LogP contribution in [0.25, 0.3) is 0 Å². The SMILES string of the molecule is Cn1cnc(CNCc2ccccc2)n1. The van der Waals surface area contributed by atoms with Crippen molar-refractivity contribution in [2.24, 2.45) is 7.05 Å². The zero-order valence-electron chi connectivity index (χ0n) is 8.72. The Kier molecular flexibility index (Phi) is 3.09. The Balaban J connectivity index is 1.80. The third-order valence-electron chi connectivity index (χ3n) is 2.10. The van der Waals surface area contributed by atoms with Crippen LogP contribution >= 0.6 is 0 Å². The van der Waals surface area contributed by atoms with Crippen LogP contribution in [0.2, 0.25) is 0 Å². The maximum absolute atomic E-state index is 4.18. The van der Waals surface area contributed by atoms with Gasteiger partial charge in [-0.05, 0) is 5.56 Å². The molecule has 0 radical (unpaired) electrons. The second-order valence-electron chi connectivity index (χ2n) is 3.42. The van der Waals surface area contributed by atoms with E-state index in [4.69, 9.17) is 0 Å². The minimum absolute atomic E-state index is 0.704. The summed E-state index contributed by atoms with van der Waals surface area (Å²) in [6, 6.07) is 10.3. The largest absolute Gasteiger partial charge is 0.306 e. The lowest BCUT2D eigenvalue weighted by Gasteiger charge is -2.01. The number of aryl methyl sites for hydroxylation is 1. The van der Waals surface area contributed by atoms with E-state index >= 15 is 0 Å². The molecule has 1 aromatic carbocycles. The van der Waals surface area contributed by atoms with E-state index in [0.29, 0.717) is 6.54 Å². The molecule has 1 aromatic heterocycles. The third kappa shape index (κ3) is 2.89. The summed E-state index contributed by atoms with van der Waals surface area (Å²) in [5.41, 5.74) is 1.27. The number of nitrogens with zero attached hydrogens (tertiary/aromatic N) is 3. The van der Waals surface area contributed by atoms with Crippen molar-refractivity contribution in [3.05, 3.63) is 48.0 Å². The monoisotopic (exact) mass is 202 g/mol. The molecule has 4 nitrogen and oxygen atoms in total. The number of hydrogen-bond donors (Lipinski definition) is 1. The summed E-state index contributed by atoms with van der Waals surface area (Å²) in [7, 11) is 1.87. The van der Waals surface area contributed by atoms with Gasteiger partial charge in [0.25, 0.3) is 0 Å². The molecule has 0 fully saturated rings. The predicted molar refractivity (Wildman–Crippen MR) is 58.0 cm³/mol. The lowest BCUT2D eigenvalue weighted by Crippen LogP contribution is -2.13. The van der Waals surface area contributed by atoms with Crippen LogP contribution in [0, 0.1) is 0 Å². The van der Waals surface area contributed by atoms with Gasteiger partial charge >= 0.3 is 0 Å². The van der Waals surface area contributed by atoms with Crippen LogP contribution in [0.5, 0.6) is 0 Å². The first-order valence-electron chi connectivity index (χ1n) is 4.94. The van der Waals surface area contributed by atoms with Gasteiger partial charge in [0.2, 0.25) is 0 Å². The van der Waals surface area contributed by atoms with E-state index in [0.717, 1.165) is 12.4 Å². The van der Waals surface area contributed by atoms with Crippen LogP contribution in [0.1, 0.15) is 11.4 Å². The van der Waals surface area contributed by atoms with Gasteiger partial charge in [0.15, 0.2) is 5.82 Å². The maximum atomic E-state index is 4.18. The Morgan fingerprint density at radius 2 is 2.00 bits per heavy atom. The minimum Gasteiger partial charge on any atom is -0.306 e. The van der Waals surface area contributed by atoms with Crippen molar-refractivity contribution in [2.75, 3.05) is 0 Å². The van der Waals surface area contributed by atoms with Crippen LogP contribution in [0.4, 0.5) is 0 Å². The molecule has 0 amide bonds. The molecule has 78 valence electrons. The molecule has 2 rings (SSSR count). The fraction of sp³-hybridized carbons (Fsp3) is 0.273. The van der Waals surface area contributed by atoms with Crippen LogP contribution in [-0.4, -0.2) is 14.8 Å². The van der Waals surface area contributed by atoms with E-state index in [9.17, 15) is 0 Å². The minimum atomic E-state index is 0.704. The van der Waals surface area contributed by atoms with E-state index in [2.05, 4.69) is 27.5 Å². The molecule has 0 unspecified atom stereocenters. The first-order chi connectivity index (χ1) is 7.34. The van der Waals surface area contributed by atoms with Crippen molar-refractivity contribution >= 4 is 0 Å². The molecule has 0 spiro atoms. The van der Waals surface area contributed by atoms with Gasteiger partial charge in [-0.3, -0.25) is 4.68 Å².